The van der Waals surface area contributed by atoms with Gasteiger partial charge in [-0.25, -0.2) is 4.79 Å². The molecule has 0 saturated heterocycles. The molecule has 14 heavy (non-hydrogen) atoms. The molecule has 4 nitrogen and oxygen atoms in total. The summed E-state index contributed by atoms with van der Waals surface area (Å²) in [4.78, 5) is 22.9. The lowest BCUT2D eigenvalue weighted by molar-refractivity contribution is 0.0601. The van der Waals surface area contributed by atoms with Crippen molar-refractivity contribution in [2.24, 2.45) is 5.73 Å². The fraction of sp³-hybridized carbons (Fsp3) is 0.333. The summed E-state index contributed by atoms with van der Waals surface area (Å²) in [5.41, 5.74) is 5.82. The molecule has 0 aliphatic heterocycles. The Hall–Kier alpha value is -1.20. The van der Waals surface area contributed by atoms with Crippen LogP contribution in [0.5, 0.6) is 0 Å². The van der Waals surface area contributed by atoms with Gasteiger partial charge in [0.1, 0.15) is 0 Å². The Bertz CT molecular complexity index is 357. The smallest absolute Gasteiger partial charge is 0.338 e. The minimum Gasteiger partial charge on any atom is -0.465 e. The van der Waals surface area contributed by atoms with Crippen molar-refractivity contribution in [2.75, 3.05) is 7.11 Å². The summed E-state index contributed by atoms with van der Waals surface area (Å²) >= 11 is 1.20. The van der Waals surface area contributed by atoms with E-state index in [9.17, 15) is 9.59 Å². The fourth-order valence-corrected chi connectivity index (χ4v) is 1.83. The van der Waals surface area contributed by atoms with Crippen molar-refractivity contribution in [3.63, 3.8) is 0 Å². The van der Waals surface area contributed by atoms with E-state index >= 15 is 0 Å². The fourth-order valence-electron chi connectivity index (χ4n) is 0.915. The minimum atomic E-state index is -0.542. The van der Waals surface area contributed by atoms with Gasteiger partial charge in [-0.1, -0.05) is 0 Å². The first-order valence-electron chi connectivity index (χ1n) is 4.03. The molecule has 1 unspecified atom stereocenters. The van der Waals surface area contributed by atoms with Crippen molar-refractivity contribution in [1.29, 1.82) is 0 Å². The summed E-state index contributed by atoms with van der Waals surface area (Å²) in [6, 6.07) is 0.960. The Kier molecular flexibility index (Phi) is 3.38. The number of rotatable bonds is 3. The average Bonchev–Trinajstić information content (AvgIpc) is 2.64. The van der Waals surface area contributed by atoms with Crippen LogP contribution in [0.3, 0.4) is 0 Å². The number of carbonyl (C=O) groups excluding carboxylic acids is 2. The number of thiophene rings is 1. The standard InChI is InChI=1S/C9H11NO3S/c1-5(10)8(11)7-3-6(4-14-7)9(12)13-2/h3-5H,10H2,1-2H3. The predicted molar refractivity (Wildman–Crippen MR) is 53.6 cm³/mol. The van der Waals surface area contributed by atoms with Gasteiger partial charge in [-0.2, -0.15) is 0 Å². The summed E-state index contributed by atoms with van der Waals surface area (Å²) in [6.07, 6.45) is 0. The predicted octanol–water partition coefficient (Wildman–Crippen LogP) is 1.06. The van der Waals surface area contributed by atoms with Gasteiger partial charge >= 0.3 is 5.97 Å². The molecule has 0 fully saturated rings. The van der Waals surface area contributed by atoms with Gasteiger partial charge in [-0.15, -0.1) is 11.3 Å². The molecule has 1 aromatic rings. The maximum atomic E-state index is 11.4. The van der Waals surface area contributed by atoms with Crippen LogP contribution in [-0.2, 0) is 4.74 Å². The quantitative estimate of drug-likeness (QED) is 0.602. The second-order valence-electron chi connectivity index (χ2n) is 2.84. The molecule has 0 aromatic carbocycles. The SMILES string of the molecule is COC(=O)c1csc(C(=O)C(C)N)c1. The number of esters is 1. The van der Waals surface area contributed by atoms with Crippen LogP contribution in [0, 0.1) is 0 Å². The van der Waals surface area contributed by atoms with Crippen LogP contribution in [-0.4, -0.2) is 24.9 Å². The molecular formula is C9H11NO3S. The zero-order chi connectivity index (χ0) is 10.7. The molecule has 5 heteroatoms. The highest BCUT2D eigenvalue weighted by Gasteiger charge is 2.16. The van der Waals surface area contributed by atoms with Crippen molar-refractivity contribution < 1.29 is 14.3 Å². The van der Waals surface area contributed by atoms with Crippen molar-refractivity contribution >= 4 is 23.1 Å². The van der Waals surface area contributed by atoms with Crippen LogP contribution in [0.2, 0.25) is 0 Å². The second kappa shape index (κ2) is 4.34. The molecule has 76 valence electrons. The van der Waals surface area contributed by atoms with E-state index in [0.29, 0.717) is 10.4 Å². The Balaban J connectivity index is 2.88. The van der Waals surface area contributed by atoms with E-state index in [2.05, 4.69) is 4.74 Å². The monoisotopic (exact) mass is 213 g/mol. The first-order valence-corrected chi connectivity index (χ1v) is 4.91. The summed E-state index contributed by atoms with van der Waals surface area (Å²) in [7, 11) is 1.30. The molecule has 1 heterocycles. The van der Waals surface area contributed by atoms with E-state index in [0.717, 1.165) is 0 Å². The number of carbonyl (C=O) groups is 2. The van der Waals surface area contributed by atoms with Gasteiger partial charge in [0.15, 0.2) is 5.78 Å². The van der Waals surface area contributed by atoms with Gasteiger partial charge in [0.2, 0.25) is 0 Å². The summed E-state index contributed by atoms with van der Waals surface area (Å²) in [5, 5.41) is 1.58. The van der Waals surface area contributed by atoms with Gasteiger partial charge < -0.3 is 10.5 Å². The van der Waals surface area contributed by atoms with Gasteiger partial charge in [0.25, 0.3) is 0 Å². The largest absolute Gasteiger partial charge is 0.465 e. The topological polar surface area (TPSA) is 69.4 Å². The molecule has 0 aliphatic rings. The number of Topliss-reactive ketones (excluding diaryl/α,β-unsaturated/α-hetero) is 1. The number of nitrogens with two attached hydrogens (primary N) is 1. The van der Waals surface area contributed by atoms with Crippen molar-refractivity contribution in [1.82, 2.24) is 0 Å². The summed E-state index contributed by atoms with van der Waals surface area (Å²) < 4.78 is 4.51. The molecule has 0 amide bonds. The van der Waals surface area contributed by atoms with E-state index in [1.807, 2.05) is 0 Å². The van der Waals surface area contributed by atoms with E-state index in [1.54, 1.807) is 12.3 Å². The van der Waals surface area contributed by atoms with Gasteiger partial charge in [0, 0.05) is 5.38 Å². The number of ketones is 1. The molecule has 0 aliphatic carbocycles. The molecule has 0 radical (unpaired) electrons. The van der Waals surface area contributed by atoms with E-state index in [4.69, 9.17) is 5.73 Å². The van der Waals surface area contributed by atoms with Crippen molar-refractivity contribution in [3.05, 3.63) is 21.9 Å². The minimum absolute atomic E-state index is 0.162. The highest BCUT2D eigenvalue weighted by atomic mass is 32.1. The van der Waals surface area contributed by atoms with Gasteiger partial charge in [-0.3, -0.25) is 4.79 Å². The normalized spacial score (nSPS) is 12.2. The van der Waals surface area contributed by atoms with Crippen LogP contribution in [0.4, 0.5) is 0 Å². The zero-order valence-corrected chi connectivity index (χ0v) is 8.76. The third-order valence-corrected chi connectivity index (χ3v) is 2.62. The molecule has 1 rings (SSSR count). The first kappa shape index (κ1) is 10.9. The Morgan fingerprint density at radius 2 is 2.21 bits per heavy atom. The number of ether oxygens (including phenoxy) is 1. The lowest BCUT2D eigenvalue weighted by Gasteiger charge is -1.99. The van der Waals surface area contributed by atoms with Crippen LogP contribution in [0.25, 0.3) is 0 Å². The van der Waals surface area contributed by atoms with Gasteiger partial charge in [-0.05, 0) is 13.0 Å². The average molecular weight is 213 g/mol. The highest BCUT2D eigenvalue weighted by Crippen LogP contribution is 2.16. The Morgan fingerprint density at radius 1 is 1.57 bits per heavy atom. The number of hydrogen-bond donors (Lipinski definition) is 1. The third-order valence-electron chi connectivity index (χ3n) is 1.68. The molecule has 1 atom stereocenters. The zero-order valence-electron chi connectivity index (χ0n) is 7.94. The number of methoxy groups -OCH3 is 1. The number of hydrogen-bond acceptors (Lipinski definition) is 5. The molecule has 0 spiro atoms. The third kappa shape index (κ3) is 2.18. The second-order valence-corrected chi connectivity index (χ2v) is 3.76. The Labute approximate surface area is 85.7 Å². The molecular weight excluding hydrogens is 202 g/mol. The van der Waals surface area contributed by atoms with E-state index in [1.165, 1.54) is 24.5 Å². The highest BCUT2D eigenvalue weighted by molar-refractivity contribution is 7.12. The summed E-state index contributed by atoms with van der Waals surface area (Å²) in [6.45, 7) is 1.61. The lowest BCUT2D eigenvalue weighted by atomic mass is 10.2. The van der Waals surface area contributed by atoms with Crippen LogP contribution in [0.1, 0.15) is 27.0 Å². The molecule has 1 aromatic heterocycles. The van der Waals surface area contributed by atoms with Crippen LogP contribution < -0.4 is 5.73 Å². The van der Waals surface area contributed by atoms with Gasteiger partial charge in [0.05, 0.1) is 23.6 Å². The maximum Gasteiger partial charge on any atom is 0.338 e. The lowest BCUT2D eigenvalue weighted by Crippen LogP contribution is -2.25. The van der Waals surface area contributed by atoms with Crippen molar-refractivity contribution in [3.8, 4) is 0 Å². The molecule has 0 saturated carbocycles. The van der Waals surface area contributed by atoms with Crippen LogP contribution in [0.15, 0.2) is 11.4 Å². The van der Waals surface area contributed by atoms with E-state index in [-0.39, 0.29) is 5.78 Å². The maximum absolute atomic E-state index is 11.4. The molecule has 0 bridgehead atoms. The molecule has 2 N–H and O–H groups in total. The van der Waals surface area contributed by atoms with Crippen molar-refractivity contribution in [2.45, 2.75) is 13.0 Å². The van der Waals surface area contributed by atoms with E-state index < -0.39 is 12.0 Å². The first-order chi connectivity index (χ1) is 6.56. The Morgan fingerprint density at radius 3 is 2.71 bits per heavy atom. The summed E-state index contributed by atoms with van der Waals surface area (Å²) in [5.74, 6) is -0.602. The van der Waals surface area contributed by atoms with Crippen LogP contribution >= 0.6 is 11.3 Å².